The molecule has 3 rings (SSSR count). The third kappa shape index (κ3) is 3.70. The van der Waals surface area contributed by atoms with Gasteiger partial charge >= 0.3 is 0 Å². The molecule has 1 aromatic heterocycles. The Morgan fingerprint density at radius 1 is 1.38 bits per heavy atom. The number of hydrogen-bond acceptors (Lipinski definition) is 4. The summed E-state index contributed by atoms with van der Waals surface area (Å²) < 4.78 is 3.17. The lowest BCUT2D eigenvalue weighted by Crippen LogP contribution is -2.50. The van der Waals surface area contributed by atoms with E-state index in [0.717, 1.165) is 40.9 Å². The molecule has 140 valence electrons. The second kappa shape index (κ2) is 8.59. The number of nitrogens with two attached hydrogens (primary N) is 1. The van der Waals surface area contributed by atoms with Gasteiger partial charge in [-0.3, -0.25) is 4.79 Å². The van der Waals surface area contributed by atoms with E-state index in [0.29, 0.717) is 18.8 Å². The molecule has 1 amide bonds. The van der Waals surface area contributed by atoms with Gasteiger partial charge in [0.25, 0.3) is 0 Å². The lowest BCUT2D eigenvalue weighted by Gasteiger charge is -2.37. The van der Waals surface area contributed by atoms with Crippen molar-refractivity contribution in [2.45, 2.75) is 44.8 Å². The van der Waals surface area contributed by atoms with Crippen molar-refractivity contribution in [2.75, 3.05) is 12.3 Å². The van der Waals surface area contributed by atoms with Gasteiger partial charge in [-0.2, -0.15) is 12.6 Å². The first-order valence-electron chi connectivity index (χ1n) is 9.06. The van der Waals surface area contributed by atoms with Crippen LogP contribution in [0.25, 0.3) is 11.3 Å². The summed E-state index contributed by atoms with van der Waals surface area (Å²) >= 11 is 7.93. The van der Waals surface area contributed by atoms with Crippen LogP contribution in [0.3, 0.4) is 0 Å². The first kappa shape index (κ1) is 19.5. The molecular formula is C19H25BrN4OS. The zero-order valence-corrected chi connectivity index (χ0v) is 17.4. The van der Waals surface area contributed by atoms with Gasteiger partial charge in [-0.05, 0) is 22.4 Å². The molecule has 0 saturated heterocycles. The number of imidazole rings is 1. The van der Waals surface area contributed by atoms with Crippen LogP contribution in [0.1, 0.15) is 38.1 Å². The SMILES string of the molecule is CCCC[C@H]1c2nc(-c3ccccc3)c(Br)n2CCN1C(=O)[C@@H](N)CS. The fourth-order valence-electron chi connectivity index (χ4n) is 3.44. The van der Waals surface area contributed by atoms with Gasteiger partial charge in [0.05, 0.1) is 12.1 Å². The van der Waals surface area contributed by atoms with E-state index in [4.69, 9.17) is 10.7 Å². The highest BCUT2D eigenvalue weighted by Gasteiger charge is 2.35. The van der Waals surface area contributed by atoms with Gasteiger partial charge in [0.1, 0.15) is 16.1 Å². The third-order valence-electron chi connectivity index (χ3n) is 4.85. The van der Waals surface area contributed by atoms with E-state index in [1.807, 2.05) is 23.1 Å². The topological polar surface area (TPSA) is 64.2 Å². The summed E-state index contributed by atoms with van der Waals surface area (Å²) in [7, 11) is 0. The van der Waals surface area contributed by atoms with E-state index in [9.17, 15) is 4.79 Å². The Morgan fingerprint density at radius 3 is 2.77 bits per heavy atom. The number of fused-ring (bicyclic) bond motifs is 1. The van der Waals surface area contributed by atoms with Crippen LogP contribution in [0.4, 0.5) is 0 Å². The zero-order valence-electron chi connectivity index (χ0n) is 14.9. The lowest BCUT2D eigenvalue weighted by molar-refractivity contribution is -0.136. The lowest BCUT2D eigenvalue weighted by atomic mass is 10.0. The molecule has 5 nitrogen and oxygen atoms in total. The number of thiol groups is 1. The fraction of sp³-hybridized carbons (Fsp3) is 0.474. The summed E-state index contributed by atoms with van der Waals surface area (Å²) in [6, 6.07) is 9.51. The number of halogens is 1. The Balaban J connectivity index is 2.00. The predicted octanol–water partition coefficient (Wildman–Crippen LogP) is 3.64. The molecule has 0 aliphatic carbocycles. The quantitative estimate of drug-likeness (QED) is 0.679. The van der Waals surface area contributed by atoms with Crippen molar-refractivity contribution in [1.82, 2.24) is 14.5 Å². The number of amides is 1. The summed E-state index contributed by atoms with van der Waals surface area (Å²) in [6.07, 6.45) is 3.00. The van der Waals surface area contributed by atoms with Crippen molar-refractivity contribution in [1.29, 1.82) is 0 Å². The van der Waals surface area contributed by atoms with E-state index < -0.39 is 6.04 Å². The van der Waals surface area contributed by atoms with Crippen LogP contribution in [-0.2, 0) is 11.3 Å². The molecule has 0 radical (unpaired) electrons. The van der Waals surface area contributed by atoms with Gasteiger partial charge < -0.3 is 15.2 Å². The minimum atomic E-state index is -0.569. The van der Waals surface area contributed by atoms with E-state index >= 15 is 0 Å². The van der Waals surface area contributed by atoms with E-state index in [2.05, 4.69) is 52.2 Å². The first-order chi connectivity index (χ1) is 12.6. The Morgan fingerprint density at radius 2 is 2.12 bits per heavy atom. The second-order valence-corrected chi connectivity index (χ2v) is 7.72. The van der Waals surface area contributed by atoms with Gasteiger partial charge in [-0.1, -0.05) is 50.1 Å². The van der Waals surface area contributed by atoms with Crippen LogP contribution in [0.15, 0.2) is 34.9 Å². The van der Waals surface area contributed by atoms with Crippen LogP contribution in [0, 0.1) is 0 Å². The minimum absolute atomic E-state index is 0.0345. The number of carbonyl (C=O) groups excluding carboxylic acids is 1. The normalized spacial score (nSPS) is 17.8. The van der Waals surface area contributed by atoms with Crippen LogP contribution in [0.2, 0.25) is 0 Å². The van der Waals surface area contributed by atoms with Crippen LogP contribution >= 0.6 is 28.6 Å². The first-order valence-corrected chi connectivity index (χ1v) is 10.5. The van der Waals surface area contributed by atoms with E-state index in [1.54, 1.807) is 0 Å². The highest BCUT2D eigenvalue weighted by atomic mass is 79.9. The third-order valence-corrected chi connectivity index (χ3v) is 6.05. The molecule has 26 heavy (non-hydrogen) atoms. The molecule has 2 atom stereocenters. The average Bonchev–Trinajstić information content (AvgIpc) is 3.02. The highest BCUT2D eigenvalue weighted by Crippen LogP contribution is 2.37. The maximum absolute atomic E-state index is 12.8. The zero-order chi connectivity index (χ0) is 18.7. The second-order valence-electron chi connectivity index (χ2n) is 6.61. The Labute approximate surface area is 168 Å². The molecule has 0 unspecified atom stereocenters. The maximum atomic E-state index is 12.8. The number of aromatic nitrogens is 2. The number of unbranched alkanes of at least 4 members (excludes halogenated alkanes) is 1. The van der Waals surface area contributed by atoms with Crippen molar-refractivity contribution in [3.63, 3.8) is 0 Å². The smallest absolute Gasteiger partial charge is 0.241 e. The largest absolute Gasteiger partial charge is 0.329 e. The van der Waals surface area contributed by atoms with Crippen LogP contribution < -0.4 is 5.73 Å². The molecule has 0 bridgehead atoms. The molecule has 0 saturated carbocycles. The summed E-state index contributed by atoms with van der Waals surface area (Å²) in [5, 5.41) is 0. The van der Waals surface area contributed by atoms with Gasteiger partial charge in [-0.25, -0.2) is 4.98 Å². The Hall–Kier alpha value is -1.31. The Kier molecular flexibility index (Phi) is 6.42. The molecule has 2 N–H and O–H groups in total. The van der Waals surface area contributed by atoms with Crippen LogP contribution in [-0.4, -0.2) is 38.7 Å². The number of benzene rings is 1. The maximum Gasteiger partial charge on any atom is 0.241 e. The van der Waals surface area contributed by atoms with Crippen molar-refractivity contribution in [3.05, 3.63) is 40.8 Å². The van der Waals surface area contributed by atoms with Crippen molar-refractivity contribution in [2.24, 2.45) is 5.73 Å². The fourth-order valence-corrected chi connectivity index (χ4v) is 4.27. The molecule has 0 fully saturated rings. The summed E-state index contributed by atoms with van der Waals surface area (Å²) in [4.78, 5) is 19.6. The minimum Gasteiger partial charge on any atom is -0.329 e. The molecule has 1 aliphatic heterocycles. The van der Waals surface area contributed by atoms with E-state index in [-0.39, 0.29) is 11.9 Å². The number of hydrogen-bond donors (Lipinski definition) is 2. The molecular weight excluding hydrogens is 412 g/mol. The standard InChI is InChI=1S/C19H25BrN4OS/c1-2-3-9-15-18-22-16(13-7-5-4-6-8-13)17(20)24(18)11-10-23(15)19(25)14(21)12-26/h4-8,14-15,26H,2-3,9-12,21H2,1H3/t14-,15-/m0/s1. The van der Waals surface area contributed by atoms with Gasteiger partial charge in [0.15, 0.2) is 0 Å². The monoisotopic (exact) mass is 436 g/mol. The van der Waals surface area contributed by atoms with Crippen molar-refractivity contribution < 1.29 is 4.79 Å². The average molecular weight is 437 g/mol. The Bertz CT molecular complexity index is 764. The van der Waals surface area contributed by atoms with Crippen molar-refractivity contribution in [3.8, 4) is 11.3 Å². The van der Waals surface area contributed by atoms with Gasteiger partial charge in [0, 0.05) is 24.4 Å². The van der Waals surface area contributed by atoms with Gasteiger partial charge in [0.2, 0.25) is 5.91 Å². The summed E-state index contributed by atoms with van der Waals surface area (Å²) in [6.45, 7) is 3.51. The molecule has 0 spiro atoms. The van der Waals surface area contributed by atoms with E-state index in [1.165, 1.54) is 0 Å². The molecule has 2 aromatic rings. The number of nitrogens with zero attached hydrogens (tertiary/aromatic N) is 3. The van der Waals surface area contributed by atoms with Crippen molar-refractivity contribution >= 4 is 34.5 Å². The molecule has 1 aromatic carbocycles. The number of rotatable bonds is 6. The highest BCUT2D eigenvalue weighted by molar-refractivity contribution is 9.10. The number of carbonyl (C=O) groups is 1. The predicted molar refractivity (Wildman–Crippen MR) is 111 cm³/mol. The molecule has 2 heterocycles. The molecule has 1 aliphatic rings. The van der Waals surface area contributed by atoms with Gasteiger partial charge in [-0.15, -0.1) is 0 Å². The molecule has 7 heteroatoms. The summed E-state index contributed by atoms with van der Waals surface area (Å²) in [5.74, 6) is 1.26. The summed E-state index contributed by atoms with van der Waals surface area (Å²) in [5.41, 5.74) is 7.98. The van der Waals surface area contributed by atoms with Crippen LogP contribution in [0.5, 0.6) is 0 Å².